The van der Waals surface area contributed by atoms with E-state index in [0.717, 1.165) is 0 Å². The van der Waals surface area contributed by atoms with Crippen LogP contribution >= 0.6 is 0 Å². The highest BCUT2D eigenvalue weighted by molar-refractivity contribution is 5.89. The molecule has 27 heavy (non-hydrogen) atoms. The lowest BCUT2D eigenvalue weighted by molar-refractivity contribution is -0.385. The summed E-state index contributed by atoms with van der Waals surface area (Å²) in [6.07, 6.45) is 0. The molecule has 0 aliphatic heterocycles. The number of nitrogens with zero attached hydrogens (tertiary/aromatic N) is 3. The number of hydrogen-bond acceptors (Lipinski definition) is 8. The Morgan fingerprint density at radius 3 is 2.56 bits per heavy atom. The minimum Gasteiger partial charge on any atom is -0.485 e. The number of aromatic nitrogens is 2. The molecule has 1 aromatic heterocycles. The maximum Gasteiger partial charge on any atom is 0.338 e. The molecule has 0 amide bonds. The van der Waals surface area contributed by atoms with Gasteiger partial charge in [0.1, 0.15) is 12.4 Å². The molecule has 0 fully saturated rings. The Hall–Kier alpha value is -3.75. The highest BCUT2D eigenvalue weighted by atomic mass is 16.6. The van der Waals surface area contributed by atoms with Gasteiger partial charge in [-0.15, -0.1) is 0 Å². The first kappa shape index (κ1) is 18.1. The molecular weight excluding hydrogens is 354 g/mol. The number of carbonyl (C=O) groups is 1. The van der Waals surface area contributed by atoms with Crippen LogP contribution in [-0.4, -0.2) is 21.0 Å². The number of rotatable bonds is 7. The maximum atomic E-state index is 12.1. The quantitative estimate of drug-likeness (QED) is 0.354. The second-order valence-electron chi connectivity index (χ2n) is 5.50. The molecular formula is C18H15N3O6. The smallest absolute Gasteiger partial charge is 0.338 e. The number of nitro groups is 1. The SMILES string of the molecule is Cc1nc(COc2ccc(C(=O)OCc3ccccc3[N+](=O)[O-])cc2)no1. The van der Waals surface area contributed by atoms with E-state index >= 15 is 0 Å². The van der Waals surface area contributed by atoms with Crippen molar-refractivity contribution >= 4 is 11.7 Å². The fourth-order valence-electron chi connectivity index (χ4n) is 2.27. The van der Waals surface area contributed by atoms with E-state index in [1.54, 1.807) is 49.4 Å². The summed E-state index contributed by atoms with van der Waals surface area (Å²) in [6.45, 7) is 1.63. The van der Waals surface area contributed by atoms with E-state index in [1.807, 2.05) is 0 Å². The lowest BCUT2D eigenvalue weighted by atomic mass is 10.2. The van der Waals surface area contributed by atoms with Crippen LogP contribution in [0.5, 0.6) is 5.75 Å². The molecule has 0 saturated heterocycles. The Kier molecular flexibility index (Phi) is 5.41. The number of hydrogen-bond donors (Lipinski definition) is 0. The van der Waals surface area contributed by atoms with Gasteiger partial charge in [-0.05, 0) is 30.3 Å². The van der Waals surface area contributed by atoms with Crippen molar-refractivity contribution in [3.05, 3.63) is 81.5 Å². The number of ether oxygens (including phenoxy) is 2. The molecule has 0 saturated carbocycles. The van der Waals surface area contributed by atoms with E-state index < -0.39 is 10.9 Å². The van der Waals surface area contributed by atoms with E-state index in [1.165, 1.54) is 6.07 Å². The van der Waals surface area contributed by atoms with E-state index in [4.69, 9.17) is 14.0 Å². The highest BCUT2D eigenvalue weighted by Crippen LogP contribution is 2.20. The van der Waals surface area contributed by atoms with Crippen LogP contribution in [0.2, 0.25) is 0 Å². The van der Waals surface area contributed by atoms with Gasteiger partial charge in [0.25, 0.3) is 5.69 Å². The molecule has 0 atom stereocenters. The topological polar surface area (TPSA) is 118 Å². The zero-order valence-electron chi connectivity index (χ0n) is 14.3. The van der Waals surface area contributed by atoms with Gasteiger partial charge in [-0.3, -0.25) is 10.1 Å². The maximum absolute atomic E-state index is 12.1. The Bertz CT molecular complexity index is 952. The van der Waals surface area contributed by atoms with Crippen LogP contribution in [0.25, 0.3) is 0 Å². The minimum atomic E-state index is -0.589. The molecule has 0 N–H and O–H groups in total. The third kappa shape index (κ3) is 4.66. The number of benzene rings is 2. The first-order valence-corrected chi connectivity index (χ1v) is 7.94. The molecule has 9 heteroatoms. The predicted octanol–water partition coefficient (Wildman–Crippen LogP) is 3.22. The second kappa shape index (κ2) is 8.09. The molecule has 138 valence electrons. The minimum absolute atomic E-state index is 0.0919. The van der Waals surface area contributed by atoms with Gasteiger partial charge in [0.15, 0.2) is 6.61 Å². The van der Waals surface area contributed by atoms with Gasteiger partial charge in [0, 0.05) is 13.0 Å². The number of esters is 1. The molecule has 2 aromatic carbocycles. The van der Waals surface area contributed by atoms with Crippen LogP contribution in [0.4, 0.5) is 5.69 Å². The van der Waals surface area contributed by atoms with Crippen molar-refractivity contribution < 1.29 is 23.7 Å². The second-order valence-corrected chi connectivity index (χ2v) is 5.50. The summed E-state index contributed by atoms with van der Waals surface area (Å²) in [5.41, 5.74) is 0.535. The normalized spacial score (nSPS) is 10.4. The average molecular weight is 369 g/mol. The van der Waals surface area contributed by atoms with Crippen LogP contribution in [0.15, 0.2) is 53.1 Å². The third-order valence-electron chi connectivity index (χ3n) is 3.57. The van der Waals surface area contributed by atoms with Gasteiger partial charge < -0.3 is 14.0 Å². The van der Waals surface area contributed by atoms with Gasteiger partial charge in [-0.25, -0.2) is 4.79 Å². The van der Waals surface area contributed by atoms with Crippen LogP contribution in [0, 0.1) is 17.0 Å². The molecule has 0 bridgehead atoms. The lowest BCUT2D eigenvalue weighted by Gasteiger charge is -2.07. The van der Waals surface area contributed by atoms with Gasteiger partial charge in [0.2, 0.25) is 11.7 Å². The summed E-state index contributed by atoms with van der Waals surface area (Å²) < 4.78 is 15.5. The van der Waals surface area contributed by atoms with Crippen molar-refractivity contribution in [3.63, 3.8) is 0 Å². The standard InChI is InChI=1S/C18H15N3O6/c1-12-19-17(20-27-12)11-25-15-8-6-13(7-9-15)18(22)26-10-14-4-2-3-5-16(14)21(23)24/h2-9H,10-11H2,1H3. The largest absolute Gasteiger partial charge is 0.485 e. The van der Waals surface area contributed by atoms with Gasteiger partial charge in [-0.2, -0.15) is 4.98 Å². The fraction of sp³-hybridized carbons (Fsp3) is 0.167. The molecule has 1 heterocycles. The molecule has 0 unspecified atom stereocenters. The summed E-state index contributed by atoms with van der Waals surface area (Å²) in [5.74, 6) is 0.798. The van der Waals surface area contributed by atoms with Gasteiger partial charge in [-0.1, -0.05) is 17.3 Å². The first-order chi connectivity index (χ1) is 13.0. The summed E-state index contributed by atoms with van der Waals surface area (Å²) in [6, 6.07) is 12.4. The van der Waals surface area contributed by atoms with Crippen molar-refractivity contribution in [2.45, 2.75) is 20.1 Å². The summed E-state index contributed by atoms with van der Waals surface area (Å²) in [4.78, 5) is 26.6. The Morgan fingerprint density at radius 2 is 1.89 bits per heavy atom. The fourth-order valence-corrected chi connectivity index (χ4v) is 2.27. The number of aryl methyl sites for hydroxylation is 1. The zero-order valence-corrected chi connectivity index (χ0v) is 14.3. The summed E-state index contributed by atoms with van der Waals surface area (Å²) in [7, 11) is 0. The molecule has 0 aliphatic carbocycles. The van der Waals surface area contributed by atoms with E-state index in [2.05, 4.69) is 10.1 Å². The summed E-state index contributed by atoms with van der Waals surface area (Å²) >= 11 is 0. The predicted molar refractivity (Wildman–Crippen MR) is 92.0 cm³/mol. The first-order valence-electron chi connectivity index (χ1n) is 7.94. The van der Waals surface area contributed by atoms with Crippen LogP contribution in [-0.2, 0) is 18.0 Å². The van der Waals surface area contributed by atoms with Gasteiger partial charge in [0.05, 0.1) is 16.1 Å². The number of nitro benzene ring substituents is 1. The van der Waals surface area contributed by atoms with Crippen molar-refractivity contribution in [1.82, 2.24) is 10.1 Å². The highest BCUT2D eigenvalue weighted by Gasteiger charge is 2.15. The monoisotopic (exact) mass is 369 g/mol. The number of carbonyl (C=O) groups excluding carboxylic acids is 1. The van der Waals surface area contributed by atoms with Crippen molar-refractivity contribution in [2.75, 3.05) is 0 Å². The van der Waals surface area contributed by atoms with E-state index in [9.17, 15) is 14.9 Å². The van der Waals surface area contributed by atoms with E-state index in [-0.39, 0.29) is 18.9 Å². The van der Waals surface area contributed by atoms with Crippen LogP contribution in [0.1, 0.15) is 27.6 Å². The van der Waals surface area contributed by atoms with E-state index in [0.29, 0.717) is 28.6 Å². The molecule has 9 nitrogen and oxygen atoms in total. The lowest BCUT2D eigenvalue weighted by Crippen LogP contribution is -2.06. The summed E-state index contributed by atoms with van der Waals surface area (Å²) in [5, 5.41) is 14.7. The Balaban J connectivity index is 1.57. The van der Waals surface area contributed by atoms with Crippen molar-refractivity contribution in [1.29, 1.82) is 0 Å². The van der Waals surface area contributed by atoms with Crippen LogP contribution < -0.4 is 4.74 Å². The van der Waals surface area contributed by atoms with Crippen molar-refractivity contribution in [3.8, 4) is 5.75 Å². The number of para-hydroxylation sites is 1. The molecule has 0 radical (unpaired) electrons. The Morgan fingerprint density at radius 1 is 1.15 bits per heavy atom. The molecule has 0 spiro atoms. The van der Waals surface area contributed by atoms with Crippen molar-refractivity contribution in [2.24, 2.45) is 0 Å². The zero-order chi connectivity index (χ0) is 19.2. The third-order valence-corrected chi connectivity index (χ3v) is 3.57. The average Bonchev–Trinajstić information content (AvgIpc) is 3.10. The Labute approximate surface area is 153 Å². The van der Waals surface area contributed by atoms with Crippen LogP contribution in [0.3, 0.4) is 0 Å². The molecule has 0 aliphatic rings. The molecule has 3 rings (SSSR count). The van der Waals surface area contributed by atoms with Gasteiger partial charge >= 0.3 is 5.97 Å². The molecule has 3 aromatic rings.